The summed E-state index contributed by atoms with van der Waals surface area (Å²) in [5.41, 5.74) is 11.6. The van der Waals surface area contributed by atoms with E-state index >= 15 is 0 Å². The van der Waals surface area contributed by atoms with Crippen molar-refractivity contribution < 1.29 is 15.2 Å². The van der Waals surface area contributed by atoms with Crippen LogP contribution < -0.4 is 15.2 Å². The molecule has 4 aromatic rings. The number of hydrogen-bond donors (Lipinski definition) is 1. The molecule has 0 aliphatic heterocycles. The van der Waals surface area contributed by atoms with Gasteiger partial charge in [-0.05, 0) is 84.0 Å². The third-order valence-electron chi connectivity index (χ3n) is 6.56. The molecule has 0 saturated carbocycles. The second kappa shape index (κ2) is 12.8. The Kier molecular flexibility index (Phi) is 9.31. The molecule has 38 heavy (non-hydrogen) atoms. The maximum atomic E-state index is 9.47. The van der Waals surface area contributed by atoms with E-state index in [0.29, 0.717) is 40.5 Å². The Morgan fingerprint density at radius 2 is 1.55 bits per heavy atom. The van der Waals surface area contributed by atoms with Gasteiger partial charge in [0.05, 0.1) is 28.2 Å². The van der Waals surface area contributed by atoms with Crippen molar-refractivity contribution in [2.75, 3.05) is 19.8 Å². The zero-order valence-corrected chi connectivity index (χ0v) is 23.1. The number of hydrogen-bond acceptors (Lipinski definition) is 3. The van der Waals surface area contributed by atoms with Crippen molar-refractivity contribution in [1.82, 2.24) is 0 Å². The van der Waals surface area contributed by atoms with Gasteiger partial charge in [0.25, 0.3) is 0 Å². The molecule has 0 spiro atoms. The summed E-state index contributed by atoms with van der Waals surface area (Å²) < 4.78 is 11.6. The first-order valence-electron chi connectivity index (χ1n) is 12.6. The average molecular weight is 547 g/mol. The molecule has 194 valence electrons. The van der Waals surface area contributed by atoms with Crippen LogP contribution in [0.15, 0.2) is 78.9 Å². The van der Waals surface area contributed by atoms with Gasteiger partial charge in [-0.3, -0.25) is 0 Å². The lowest BCUT2D eigenvalue weighted by Gasteiger charge is -2.18. The van der Waals surface area contributed by atoms with Gasteiger partial charge in [-0.1, -0.05) is 71.7 Å². The molecule has 0 fully saturated rings. The summed E-state index contributed by atoms with van der Waals surface area (Å²) in [4.78, 5) is 0. The van der Waals surface area contributed by atoms with E-state index in [1.54, 1.807) is 0 Å². The summed E-state index contributed by atoms with van der Waals surface area (Å²) in [7, 11) is 0. The van der Waals surface area contributed by atoms with Gasteiger partial charge in [0.1, 0.15) is 19.0 Å². The van der Waals surface area contributed by atoms with Gasteiger partial charge in [0.2, 0.25) is 0 Å². The quantitative estimate of drug-likeness (QED) is 0.214. The van der Waals surface area contributed by atoms with Gasteiger partial charge in [-0.25, -0.2) is 0 Å². The van der Waals surface area contributed by atoms with Gasteiger partial charge in [0, 0.05) is 5.92 Å². The van der Waals surface area contributed by atoms with Crippen LogP contribution in [0.1, 0.15) is 33.7 Å². The van der Waals surface area contributed by atoms with E-state index in [1.165, 1.54) is 16.7 Å². The topological polar surface area (TPSA) is 69.9 Å². The molecule has 0 aromatic heterocycles. The van der Waals surface area contributed by atoms with Crippen LogP contribution in [0, 0.1) is 25.2 Å². The highest BCUT2D eigenvalue weighted by atomic mass is 35.5. The smallest absolute Gasteiger partial charge is 0.156 e. The number of rotatable bonds is 10. The Morgan fingerprint density at radius 1 is 0.868 bits per heavy atom. The van der Waals surface area contributed by atoms with Crippen LogP contribution in [-0.2, 0) is 6.42 Å². The molecule has 0 amide bonds. The molecule has 0 aliphatic carbocycles. The Labute approximate surface area is 234 Å². The molecule has 4 rings (SSSR count). The molecule has 1 unspecified atom stereocenters. The van der Waals surface area contributed by atoms with Crippen molar-refractivity contribution in [3.05, 3.63) is 117 Å². The molecular weight excluding hydrogens is 515 g/mol. The summed E-state index contributed by atoms with van der Waals surface area (Å²) in [5.74, 6) is 1.55. The maximum absolute atomic E-state index is 9.47. The molecule has 0 radical (unpaired) electrons. The van der Waals surface area contributed by atoms with Crippen molar-refractivity contribution in [2.24, 2.45) is 0 Å². The lowest BCUT2D eigenvalue weighted by molar-refractivity contribution is -0.372. The minimum atomic E-state index is 0.291. The standard InChI is InChI=1S/C32H30Cl2N2O2/c1-21-15-30(33)32(31(34)16-21)38-14-13-37-27-10-7-23(8-11-27)18-26(20-36)28-12-9-24(17-22(28)2)29-6-4-3-5-25(29)19-35/h3-12,15-17,26H,13-14,18,20,36H2,1-2H3/p+1. The first-order valence-corrected chi connectivity index (χ1v) is 13.3. The highest BCUT2D eigenvalue weighted by Gasteiger charge is 2.17. The van der Waals surface area contributed by atoms with Gasteiger partial charge >= 0.3 is 0 Å². The van der Waals surface area contributed by atoms with Crippen LogP contribution in [0.3, 0.4) is 0 Å². The first kappa shape index (κ1) is 27.5. The summed E-state index contributed by atoms with van der Waals surface area (Å²) in [6.45, 7) is 5.56. The van der Waals surface area contributed by atoms with Crippen molar-refractivity contribution in [3.63, 3.8) is 0 Å². The summed E-state index contributed by atoms with van der Waals surface area (Å²) in [5, 5.41) is 10.5. The van der Waals surface area contributed by atoms with Crippen molar-refractivity contribution in [1.29, 1.82) is 5.26 Å². The number of nitriles is 1. The number of benzene rings is 4. The summed E-state index contributed by atoms with van der Waals surface area (Å²) in [6.07, 6.45) is 0.881. The predicted octanol–water partition coefficient (Wildman–Crippen LogP) is 7.17. The Morgan fingerprint density at radius 3 is 2.21 bits per heavy atom. The molecule has 0 heterocycles. The van der Waals surface area contributed by atoms with Gasteiger partial charge in [0.15, 0.2) is 5.75 Å². The highest BCUT2D eigenvalue weighted by molar-refractivity contribution is 6.37. The number of aryl methyl sites for hydroxylation is 2. The third kappa shape index (κ3) is 6.68. The van der Waals surface area contributed by atoms with E-state index in [2.05, 4.69) is 49.1 Å². The van der Waals surface area contributed by atoms with Crippen molar-refractivity contribution >= 4 is 23.2 Å². The van der Waals surface area contributed by atoms with Crippen LogP contribution in [-0.4, -0.2) is 19.8 Å². The fourth-order valence-electron chi connectivity index (χ4n) is 4.64. The minimum Gasteiger partial charge on any atom is -0.490 e. The zero-order valence-electron chi connectivity index (χ0n) is 21.6. The van der Waals surface area contributed by atoms with E-state index in [1.807, 2.05) is 55.5 Å². The fraction of sp³-hybridized carbons (Fsp3) is 0.219. The van der Waals surface area contributed by atoms with Gasteiger partial charge in [-0.2, -0.15) is 5.26 Å². The molecule has 4 aromatic carbocycles. The lowest BCUT2D eigenvalue weighted by atomic mass is 9.87. The fourth-order valence-corrected chi connectivity index (χ4v) is 5.34. The number of ether oxygens (including phenoxy) is 2. The molecule has 3 N–H and O–H groups in total. The van der Waals surface area contributed by atoms with E-state index in [-0.39, 0.29) is 0 Å². The number of nitrogens with zero attached hydrogens (tertiary/aromatic N) is 1. The summed E-state index contributed by atoms with van der Waals surface area (Å²) >= 11 is 12.5. The van der Waals surface area contributed by atoms with Crippen molar-refractivity contribution in [3.8, 4) is 28.7 Å². The molecule has 0 saturated heterocycles. The lowest BCUT2D eigenvalue weighted by Crippen LogP contribution is -2.53. The number of quaternary nitrogens is 1. The first-order chi connectivity index (χ1) is 18.4. The zero-order chi connectivity index (χ0) is 27.1. The van der Waals surface area contributed by atoms with Crippen LogP contribution in [0.2, 0.25) is 10.0 Å². The van der Waals surface area contributed by atoms with Gasteiger partial charge in [-0.15, -0.1) is 0 Å². The van der Waals surface area contributed by atoms with Crippen LogP contribution in [0.5, 0.6) is 11.5 Å². The van der Waals surface area contributed by atoms with E-state index < -0.39 is 0 Å². The Bertz CT molecular complexity index is 1420. The minimum absolute atomic E-state index is 0.291. The maximum Gasteiger partial charge on any atom is 0.156 e. The van der Waals surface area contributed by atoms with Crippen LogP contribution >= 0.6 is 23.2 Å². The van der Waals surface area contributed by atoms with E-state index in [0.717, 1.165) is 35.4 Å². The summed E-state index contributed by atoms with van der Waals surface area (Å²) in [6, 6.07) is 28.3. The van der Waals surface area contributed by atoms with E-state index in [9.17, 15) is 5.26 Å². The van der Waals surface area contributed by atoms with Crippen LogP contribution in [0.4, 0.5) is 0 Å². The normalized spacial score (nSPS) is 11.6. The molecule has 0 aliphatic rings. The molecule has 6 heteroatoms. The number of halogens is 2. The third-order valence-corrected chi connectivity index (χ3v) is 7.12. The Balaban J connectivity index is 1.35. The Hall–Kier alpha value is -3.49. The second-order valence-corrected chi connectivity index (χ2v) is 10.1. The molecule has 4 nitrogen and oxygen atoms in total. The second-order valence-electron chi connectivity index (χ2n) is 9.32. The molecular formula is C32H31Cl2N2O2+. The average Bonchev–Trinajstić information content (AvgIpc) is 2.91. The van der Waals surface area contributed by atoms with Gasteiger partial charge < -0.3 is 15.2 Å². The van der Waals surface area contributed by atoms with Crippen molar-refractivity contribution in [2.45, 2.75) is 26.2 Å². The largest absolute Gasteiger partial charge is 0.490 e. The monoisotopic (exact) mass is 545 g/mol. The predicted molar refractivity (Wildman–Crippen MR) is 154 cm³/mol. The molecule has 0 bridgehead atoms. The highest BCUT2D eigenvalue weighted by Crippen LogP contribution is 2.34. The molecule has 1 atom stereocenters. The van der Waals surface area contributed by atoms with E-state index in [4.69, 9.17) is 32.7 Å². The SMILES string of the molecule is Cc1cc(Cl)c(OCCOc2ccc(CC(C[NH3+])c3ccc(-c4ccccc4C#N)cc3C)cc2)c(Cl)c1. The van der Waals surface area contributed by atoms with Crippen LogP contribution in [0.25, 0.3) is 11.1 Å².